The molecule has 0 aliphatic carbocycles. The second kappa shape index (κ2) is 9.79. The van der Waals surface area contributed by atoms with Crippen molar-refractivity contribution in [3.05, 3.63) is 152 Å². The number of furan rings is 1. The van der Waals surface area contributed by atoms with Crippen molar-refractivity contribution in [3.8, 4) is 39.6 Å². The summed E-state index contributed by atoms with van der Waals surface area (Å²) in [5.41, 5.74) is 9.62. The smallest absolute Gasteiger partial charge is 0.144 e. The number of aromatic nitrogens is 3. The summed E-state index contributed by atoms with van der Waals surface area (Å²) in [6, 6.07) is 52.3. The van der Waals surface area contributed by atoms with E-state index in [0.717, 1.165) is 72.6 Å². The molecule has 0 radical (unpaired) electrons. The summed E-state index contributed by atoms with van der Waals surface area (Å²) in [6.45, 7) is 0. The molecule has 0 saturated carbocycles. The molecule has 0 aliphatic rings. The molecule has 0 N–H and O–H groups in total. The van der Waals surface area contributed by atoms with Crippen LogP contribution in [0.5, 0.6) is 0 Å². The Kier molecular flexibility index (Phi) is 5.47. The lowest BCUT2D eigenvalue weighted by atomic mass is 10.0. The maximum Gasteiger partial charge on any atom is 0.144 e. The molecule has 4 heterocycles. The van der Waals surface area contributed by atoms with Crippen LogP contribution in [0.3, 0.4) is 0 Å². The Bertz CT molecular complexity index is 2450. The van der Waals surface area contributed by atoms with Gasteiger partial charge in [0.1, 0.15) is 17.0 Å². The van der Waals surface area contributed by atoms with Gasteiger partial charge in [0.05, 0.1) is 28.1 Å². The molecule has 206 valence electrons. The highest BCUT2D eigenvalue weighted by Gasteiger charge is 2.17. The van der Waals surface area contributed by atoms with E-state index >= 15 is 0 Å². The Morgan fingerprint density at radius 2 is 0.909 bits per heavy atom. The van der Waals surface area contributed by atoms with Crippen LogP contribution in [0, 0.1) is 0 Å². The van der Waals surface area contributed by atoms with Crippen LogP contribution in [0.4, 0.5) is 0 Å². The van der Waals surface area contributed by atoms with Crippen LogP contribution < -0.4 is 0 Å². The molecule has 4 heteroatoms. The van der Waals surface area contributed by atoms with Gasteiger partial charge in [-0.3, -0.25) is 4.57 Å². The predicted octanol–water partition coefficient (Wildman–Crippen LogP) is 10.5. The summed E-state index contributed by atoms with van der Waals surface area (Å²) in [7, 11) is 0. The fourth-order valence-corrected chi connectivity index (χ4v) is 6.45. The maximum absolute atomic E-state index is 6.66. The Hall–Kier alpha value is -6.00. The van der Waals surface area contributed by atoms with Crippen LogP contribution in [0.25, 0.3) is 83.3 Å². The highest BCUT2D eigenvalue weighted by Crippen LogP contribution is 2.40. The summed E-state index contributed by atoms with van der Waals surface area (Å²) in [5, 5.41) is 4.60. The molecule has 4 aromatic heterocycles. The van der Waals surface area contributed by atoms with E-state index in [4.69, 9.17) is 14.4 Å². The summed E-state index contributed by atoms with van der Waals surface area (Å²) in [5.74, 6) is 0.861. The van der Waals surface area contributed by atoms with Crippen molar-refractivity contribution < 1.29 is 4.42 Å². The summed E-state index contributed by atoms with van der Waals surface area (Å²) < 4.78 is 8.89. The van der Waals surface area contributed by atoms with Gasteiger partial charge in [0.25, 0.3) is 0 Å². The Morgan fingerprint density at radius 1 is 0.386 bits per heavy atom. The minimum atomic E-state index is 0.809. The molecule has 9 rings (SSSR count). The Balaban J connectivity index is 1.18. The van der Waals surface area contributed by atoms with Crippen molar-refractivity contribution in [2.24, 2.45) is 0 Å². The molecule has 4 nitrogen and oxygen atoms in total. The highest BCUT2D eigenvalue weighted by molar-refractivity contribution is 6.13. The van der Waals surface area contributed by atoms with Crippen LogP contribution in [0.15, 0.2) is 156 Å². The van der Waals surface area contributed by atoms with Crippen LogP contribution in [-0.4, -0.2) is 14.5 Å². The van der Waals surface area contributed by atoms with E-state index in [1.807, 2.05) is 30.3 Å². The van der Waals surface area contributed by atoms with Gasteiger partial charge in [0.15, 0.2) is 0 Å². The standard InChI is InChI=1S/C40H25N3O/c1-2-12-26(13-3-1)27-16-8-17-30-31-18-9-19-32(40(31)44-39(27)30)33-20-10-21-34(41-33)35-22-11-25-38(42-35)43-36-23-6-4-14-28(36)29-15-5-7-24-37(29)43/h1-25H. The number of hydrogen-bond donors (Lipinski definition) is 0. The minimum Gasteiger partial charge on any atom is -0.455 e. The Labute approximate surface area is 253 Å². The lowest BCUT2D eigenvalue weighted by molar-refractivity contribution is 0.671. The molecule has 0 spiro atoms. The number of rotatable bonds is 4. The van der Waals surface area contributed by atoms with Crippen molar-refractivity contribution in [2.45, 2.75) is 0 Å². The first-order valence-corrected chi connectivity index (χ1v) is 14.8. The number of benzene rings is 5. The van der Waals surface area contributed by atoms with E-state index in [1.54, 1.807) is 0 Å². The van der Waals surface area contributed by atoms with Crippen molar-refractivity contribution in [2.75, 3.05) is 0 Å². The summed E-state index contributed by atoms with van der Waals surface area (Å²) in [6.07, 6.45) is 0. The molecule has 0 aliphatic heterocycles. The topological polar surface area (TPSA) is 43.9 Å². The fraction of sp³-hybridized carbons (Fsp3) is 0. The van der Waals surface area contributed by atoms with Gasteiger partial charge in [-0.1, -0.05) is 109 Å². The molecule has 0 atom stereocenters. The molecule has 0 fully saturated rings. The molecular formula is C40H25N3O. The molecular weight excluding hydrogens is 538 g/mol. The number of hydrogen-bond acceptors (Lipinski definition) is 3. The first-order chi connectivity index (χ1) is 21.8. The first-order valence-electron chi connectivity index (χ1n) is 14.8. The van der Waals surface area contributed by atoms with Crippen molar-refractivity contribution in [3.63, 3.8) is 0 Å². The quantitative estimate of drug-likeness (QED) is 0.214. The average Bonchev–Trinajstić information content (AvgIpc) is 3.65. The van der Waals surface area contributed by atoms with Crippen molar-refractivity contribution in [1.82, 2.24) is 14.5 Å². The molecule has 0 saturated heterocycles. The largest absolute Gasteiger partial charge is 0.455 e. The first kappa shape index (κ1) is 24.6. The molecule has 5 aromatic carbocycles. The van der Waals surface area contributed by atoms with E-state index < -0.39 is 0 Å². The van der Waals surface area contributed by atoms with Gasteiger partial charge in [-0.05, 0) is 48.0 Å². The van der Waals surface area contributed by atoms with E-state index in [1.165, 1.54) is 10.8 Å². The van der Waals surface area contributed by atoms with Gasteiger partial charge in [0.2, 0.25) is 0 Å². The highest BCUT2D eigenvalue weighted by atomic mass is 16.3. The average molecular weight is 564 g/mol. The minimum absolute atomic E-state index is 0.809. The fourth-order valence-electron chi connectivity index (χ4n) is 6.45. The van der Waals surface area contributed by atoms with Gasteiger partial charge in [0, 0.05) is 32.7 Å². The van der Waals surface area contributed by atoms with E-state index in [2.05, 4.69) is 126 Å². The monoisotopic (exact) mass is 563 g/mol. The van der Waals surface area contributed by atoms with Crippen molar-refractivity contribution >= 4 is 43.7 Å². The second-order valence-electron chi connectivity index (χ2n) is 11.0. The normalized spacial score (nSPS) is 11.6. The zero-order chi connectivity index (χ0) is 29.0. The van der Waals surface area contributed by atoms with E-state index in [-0.39, 0.29) is 0 Å². The maximum atomic E-state index is 6.66. The number of pyridine rings is 2. The molecule has 0 unspecified atom stereocenters. The number of nitrogens with zero attached hydrogens (tertiary/aromatic N) is 3. The van der Waals surface area contributed by atoms with Gasteiger partial charge in [-0.2, -0.15) is 0 Å². The Morgan fingerprint density at radius 3 is 1.64 bits per heavy atom. The van der Waals surface area contributed by atoms with Gasteiger partial charge < -0.3 is 4.42 Å². The van der Waals surface area contributed by atoms with Crippen molar-refractivity contribution in [1.29, 1.82) is 0 Å². The number of para-hydroxylation sites is 4. The molecule has 9 aromatic rings. The molecule has 0 bridgehead atoms. The third-order valence-electron chi connectivity index (χ3n) is 8.44. The third kappa shape index (κ3) is 3.78. The SMILES string of the molecule is c1ccc(-c2cccc3c2oc2c(-c4cccc(-c5cccc(-n6c7ccccc7c7ccccc76)n5)n4)cccc23)cc1. The second-order valence-corrected chi connectivity index (χ2v) is 11.0. The van der Waals surface area contributed by atoms with Crippen LogP contribution in [-0.2, 0) is 0 Å². The molecule has 0 amide bonds. The van der Waals surface area contributed by atoms with Crippen LogP contribution >= 0.6 is 0 Å². The summed E-state index contributed by atoms with van der Waals surface area (Å²) >= 11 is 0. The van der Waals surface area contributed by atoms with Crippen LogP contribution in [0.2, 0.25) is 0 Å². The number of fused-ring (bicyclic) bond motifs is 6. The zero-order valence-corrected chi connectivity index (χ0v) is 23.7. The van der Waals surface area contributed by atoms with Crippen LogP contribution in [0.1, 0.15) is 0 Å². The summed E-state index contributed by atoms with van der Waals surface area (Å²) in [4.78, 5) is 10.3. The van der Waals surface area contributed by atoms with Gasteiger partial charge in [-0.25, -0.2) is 9.97 Å². The zero-order valence-electron chi connectivity index (χ0n) is 23.7. The molecule has 44 heavy (non-hydrogen) atoms. The van der Waals surface area contributed by atoms with Gasteiger partial charge in [-0.15, -0.1) is 0 Å². The van der Waals surface area contributed by atoms with E-state index in [9.17, 15) is 0 Å². The van der Waals surface area contributed by atoms with E-state index in [0.29, 0.717) is 0 Å². The van der Waals surface area contributed by atoms with Gasteiger partial charge >= 0.3 is 0 Å². The predicted molar refractivity (Wildman–Crippen MR) is 180 cm³/mol. The lowest BCUT2D eigenvalue weighted by Gasteiger charge is -2.10. The third-order valence-corrected chi connectivity index (χ3v) is 8.44. The lowest BCUT2D eigenvalue weighted by Crippen LogP contribution is -1.99.